The minimum absolute atomic E-state index is 0.0963. The summed E-state index contributed by atoms with van der Waals surface area (Å²) in [5.74, 6) is -0.531. The number of aromatic amines is 1. The molecule has 2 heterocycles. The van der Waals surface area contributed by atoms with Gasteiger partial charge in [-0.25, -0.2) is 0 Å². The number of phenolic OH excluding ortho intramolecular Hbond substituents is 1. The van der Waals surface area contributed by atoms with Gasteiger partial charge in [-0.3, -0.25) is 14.4 Å². The van der Waals surface area contributed by atoms with Crippen molar-refractivity contribution in [2.75, 3.05) is 44.5 Å². The molecule has 3 N–H and O–H groups in total. The Labute approximate surface area is 231 Å². The number of phenols is 1. The fourth-order valence-corrected chi connectivity index (χ4v) is 5.68. The van der Waals surface area contributed by atoms with Crippen LogP contribution in [0.1, 0.15) is 55.2 Å². The fraction of sp³-hybridized carbons (Fsp3) is 0.300. The number of H-pyrrole nitrogens is 1. The van der Waals surface area contributed by atoms with E-state index in [-0.39, 0.29) is 34.8 Å². The minimum Gasteiger partial charge on any atom is -0.507 e. The van der Waals surface area contributed by atoms with Crippen molar-refractivity contribution in [3.8, 4) is 5.75 Å². The van der Waals surface area contributed by atoms with Gasteiger partial charge in [-0.2, -0.15) is 0 Å². The Hall–Kier alpha value is -3.88. The van der Waals surface area contributed by atoms with Crippen LogP contribution in [0.3, 0.4) is 0 Å². The van der Waals surface area contributed by atoms with E-state index in [2.05, 4.69) is 10.3 Å². The van der Waals surface area contributed by atoms with Crippen LogP contribution in [0.15, 0.2) is 42.5 Å². The molecule has 0 bridgehead atoms. The number of Topliss-reactive ketones (excluding diaryl/α,β-unsaturated/α-hetero) is 1. The Morgan fingerprint density at radius 2 is 1.92 bits per heavy atom. The van der Waals surface area contributed by atoms with E-state index in [0.29, 0.717) is 53.4 Å². The minimum atomic E-state index is -0.345. The molecule has 0 saturated heterocycles. The van der Waals surface area contributed by atoms with Crippen LogP contribution in [-0.2, 0) is 0 Å². The highest BCUT2D eigenvalue weighted by Crippen LogP contribution is 2.46. The van der Waals surface area contributed by atoms with Crippen molar-refractivity contribution in [2.45, 2.75) is 19.8 Å². The van der Waals surface area contributed by atoms with Gasteiger partial charge >= 0.3 is 0 Å². The van der Waals surface area contributed by atoms with Crippen LogP contribution in [0.25, 0.3) is 21.7 Å². The first-order chi connectivity index (χ1) is 18.6. The summed E-state index contributed by atoms with van der Waals surface area (Å²) in [5, 5.41) is 16.0. The van der Waals surface area contributed by atoms with Crippen molar-refractivity contribution in [3.05, 3.63) is 70.4 Å². The molecule has 0 saturated carbocycles. The van der Waals surface area contributed by atoms with E-state index >= 15 is 0 Å². The van der Waals surface area contributed by atoms with E-state index in [0.717, 1.165) is 21.9 Å². The molecule has 4 aromatic rings. The lowest BCUT2D eigenvalue weighted by atomic mass is 9.92. The Balaban J connectivity index is 1.54. The molecule has 1 atom stereocenters. The maximum absolute atomic E-state index is 13.8. The number of hydrogen-bond acceptors (Lipinski definition) is 5. The fourth-order valence-electron chi connectivity index (χ4n) is 5.43. The molecule has 0 aliphatic carbocycles. The summed E-state index contributed by atoms with van der Waals surface area (Å²) in [6.45, 7) is 4.87. The number of hydrogen-bond donors (Lipinski definition) is 3. The molecular formula is C30H31ClN4O4. The van der Waals surface area contributed by atoms with Gasteiger partial charge in [0, 0.05) is 59.4 Å². The Morgan fingerprint density at radius 1 is 1.15 bits per heavy atom. The molecule has 5 rings (SSSR count). The van der Waals surface area contributed by atoms with E-state index < -0.39 is 0 Å². The number of nitrogens with one attached hydrogen (secondary N) is 2. The van der Waals surface area contributed by atoms with Crippen molar-refractivity contribution in [3.63, 3.8) is 0 Å². The number of fused-ring (bicyclic) bond motifs is 4. The van der Waals surface area contributed by atoms with E-state index in [9.17, 15) is 19.5 Å². The molecule has 0 spiro atoms. The summed E-state index contributed by atoms with van der Waals surface area (Å²) in [5.41, 5.74) is 4.04. The van der Waals surface area contributed by atoms with Gasteiger partial charge in [-0.05, 0) is 62.7 Å². The van der Waals surface area contributed by atoms with Crippen molar-refractivity contribution in [1.29, 1.82) is 0 Å². The largest absolute Gasteiger partial charge is 0.507 e. The summed E-state index contributed by atoms with van der Waals surface area (Å²) >= 11 is 6.38. The second-order valence-electron chi connectivity index (χ2n) is 10.4. The van der Waals surface area contributed by atoms with Crippen LogP contribution in [0, 0.1) is 6.92 Å². The van der Waals surface area contributed by atoms with Gasteiger partial charge in [0.15, 0.2) is 5.78 Å². The predicted molar refractivity (Wildman–Crippen MR) is 155 cm³/mol. The highest BCUT2D eigenvalue weighted by molar-refractivity contribution is 6.19. The molecule has 0 fully saturated rings. The third-order valence-corrected chi connectivity index (χ3v) is 7.73. The number of carbonyl (C=O) groups is 3. The maximum Gasteiger partial charge on any atom is 0.274 e. The highest BCUT2D eigenvalue weighted by Gasteiger charge is 2.36. The molecule has 3 aromatic carbocycles. The quantitative estimate of drug-likeness (QED) is 0.228. The number of alkyl halides is 1. The lowest BCUT2D eigenvalue weighted by Crippen LogP contribution is -2.32. The zero-order valence-electron chi connectivity index (χ0n) is 22.4. The highest BCUT2D eigenvalue weighted by atomic mass is 35.5. The molecule has 8 nitrogen and oxygen atoms in total. The molecule has 9 heteroatoms. The summed E-state index contributed by atoms with van der Waals surface area (Å²) < 4.78 is 0. The summed E-state index contributed by atoms with van der Waals surface area (Å²) in [6.07, 6.45) is 0. The van der Waals surface area contributed by atoms with Crippen LogP contribution in [0.5, 0.6) is 5.75 Å². The van der Waals surface area contributed by atoms with Crippen LogP contribution in [0.4, 0.5) is 5.69 Å². The Bertz CT molecular complexity index is 1640. The Morgan fingerprint density at radius 3 is 2.62 bits per heavy atom. The summed E-state index contributed by atoms with van der Waals surface area (Å²) in [7, 11) is 3.82. The van der Waals surface area contributed by atoms with Crippen LogP contribution in [-0.4, -0.2) is 72.2 Å². The van der Waals surface area contributed by atoms with Crippen molar-refractivity contribution in [2.24, 2.45) is 0 Å². The Kier molecular flexibility index (Phi) is 7.09. The van der Waals surface area contributed by atoms with Gasteiger partial charge in [0.1, 0.15) is 11.4 Å². The van der Waals surface area contributed by atoms with Gasteiger partial charge in [-0.1, -0.05) is 18.2 Å². The molecule has 39 heavy (non-hydrogen) atoms. The number of benzene rings is 3. The number of anilines is 1. The van der Waals surface area contributed by atoms with Gasteiger partial charge in [0.25, 0.3) is 11.8 Å². The van der Waals surface area contributed by atoms with Gasteiger partial charge in [0.05, 0.1) is 11.3 Å². The van der Waals surface area contributed by atoms with Crippen molar-refractivity contribution < 1.29 is 19.5 Å². The van der Waals surface area contributed by atoms with E-state index in [1.165, 1.54) is 6.92 Å². The second kappa shape index (κ2) is 10.4. The maximum atomic E-state index is 13.8. The average molecular weight is 547 g/mol. The van der Waals surface area contributed by atoms with Gasteiger partial charge in [-0.15, -0.1) is 11.6 Å². The molecule has 2 amide bonds. The first-order valence-corrected chi connectivity index (χ1v) is 13.4. The number of nitrogens with zero attached hydrogens (tertiary/aromatic N) is 2. The normalized spacial score (nSPS) is 14.8. The van der Waals surface area contributed by atoms with E-state index in [1.807, 2.05) is 44.1 Å². The molecule has 1 aliphatic rings. The number of likely N-dealkylation sites (N-methyl/N-ethyl adjacent to an activating group) is 1. The average Bonchev–Trinajstić information content (AvgIpc) is 3.48. The number of aryl methyl sites for hydroxylation is 1. The van der Waals surface area contributed by atoms with Crippen molar-refractivity contribution >= 4 is 56.6 Å². The van der Waals surface area contributed by atoms with Crippen LogP contribution in [0.2, 0.25) is 0 Å². The number of halogens is 1. The van der Waals surface area contributed by atoms with E-state index in [4.69, 9.17) is 11.6 Å². The molecule has 0 radical (unpaired) electrons. The topological polar surface area (TPSA) is 106 Å². The number of carbonyl (C=O) groups excluding carboxylic acids is 3. The number of aromatic nitrogens is 1. The second-order valence-corrected chi connectivity index (χ2v) is 10.7. The first kappa shape index (κ1) is 26.7. The smallest absolute Gasteiger partial charge is 0.274 e. The predicted octanol–water partition coefficient (Wildman–Crippen LogP) is 4.81. The number of rotatable bonds is 7. The molecule has 1 aromatic heterocycles. The summed E-state index contributed by atoms with van der Waals surface area (Å²) in [6, 6.07) is 12.3. The van der Waals surface area contributed by atoms with Crippen LogP contribution < -0.4 is 10.2 Å². The molecular weight excluding hydrogens is 516 g/mol. The van der Waals surface area contributed by atoms with Gasteiger partial charge in [0.2, 0.25) is 0 Å². The number of ketones is 1. The summed E-state index contributed by atoms with van der Waals surface area (Å²) in [4.78, 5) is 45.9. The van der Waals surface area contributed by atoms with E-state index in [1.54, 1.807) is 29.2 Å². The lowest BCUT2D eigenvalue weighted by molar-refractivity contribution is 0.0936. The standard InChI is InChI=1S/C30H31ClN4O4/c1-16-6-5-7-20-26(37)13-25-28(27(16)20)19(14-31)15-35(25)30(39)24-11-18-10-21(17(2)36)22(12-23(18)33-24)29(38)32-8-9-34(3)4/h5-7,10-13,19,33,37H,8-9,14-15H2,1-4H3,(H,32,38)/t19-/m1/s1. The van der Waals surface area contributed by atoms with Crippen LogP contribution >= 0.6 is 11.6 Å². The molecule has 1 aliphatic heterocycles. The number of aromatic hydroxyl groups is 1. The third-order valence-electron chi connectivity index (χ3n) is 7.36. The molecule has 202 valence electrons. The van der Waals surface area contributed by atoms with Gasteiger partial charge < -0.3 is 25.2 Å². The zero-order valence-corrected chi connectivity index (χ0v) is 23.1. The number of amides is 2. The third kappa shape index (κ3) is 4.75. The monoisotopic (exact) mass is 546 g/mol. The molecule has 0 unspecified atom stereocenters. The SMILES string of the molecule is CC(=O)c1cc2cc(C(=O)N3C[C@@H](CCl)c4c3cc(O)c3cccc(C)c43)[nH]c2cc1C(=O)NCCN(C)C. The van der Waals surface area contributed by atoms with Crippen molar-refractivity contribution in [1.82, 2.24) is 15.2 Å². The first-order valence-electron chi connectivity index (χ1n) is 12.8. The zero-order chi connectivity index (χ0) is 28.0. The lowest BCUT2D eigenvalue weighted by Gasteiger charge is -2.18.